The van der Waals surface area contributed by atoms with Crippen molar-refractivity contribution in [1.29, 1.82) is 0 Å². The van der Waals surface area contributed by atoms with Crippen molar-refractivity contribution in [2.45, 2.75) is 76.9 Å². The zero-order valence-corrected chi connectivity index (χ0v) is 18.5. The summed E-state index contributed by atoms with van der Waals surface area (Å²) in [6.45, 7) is 2.70. The number of hydrogen-bond donors (Lipinski definition) is 1. The predicted octanol–water partition coefficient (Wildman–Crippen LogP) is 4.05. The van der Waals surface area contributed by atoms with Gasteiger partial charge in [0, 0.05) is 11.3 Å². The standard InChI is InChI=1S/C24H32ClN3O2/c1-23-8-6-18-17-7-9-24(30,10-11-25)14-16(17)2-3-19(18)20(23)4-5-21(23)22(29)15-28-26-12-13-27-28/h12-13,16-21,30H,2-9,14-15H2,1H3. The van der Waals surface area contributed by atoms with Crippen LogP contribution < -0.4 is 0 Å². The Kier molecular flexibility index (Phi) is 5.22. The number of hydrogen-bond acceptors (Lipinski definition) is 4. The van der Waals surface area contributed by atoms with E-state index in [1.165, 1.54) is 30.5 Å². The molecule has 30 heavy (non-hydrogen) atoms. The maximum atomic E-state index is 13.1. The van der Waals surface area contributed by atoms with E-state index in [0.29, 0.717) is 30.1 Å². The first-order valence-corrected chi connectivity index (χ1v) is 12.0. The molecule has 0 aromatic carbocycles. The number of halogens is 1. The van der Waals surface area contributed by atoms with Crippen molar-refractivity contribution in [1.82, 2.24) is 15.0 Å². The molecular formula is C24H32ClN3O2. The molecule has 4 saturated carbocycles. The normalized spacial score (nSPS) is 44.9. The van der Waals surface area contributed by atoms with Crippen molar-refractivity contribution >= 4 is 17.4 Å². The van der Waals surface area contributed by atoms with Gasteiger partial charge in [0.2, 0.25) is 0 Å². The van der Waals surface area contributed by atoms with Gasteiger partial charge < -0.3 is 5.11 Å². The minimum absolute atomic E-state index is 0.123. The number of aromatic nitrogens is 3. The number of carbonyl (C=O) groups excluding carboxylic acids is 1. The van der Waals surface area contributed by atoms with E-state index in [2.05, 4.69) is 28.4 Å². The van der Waals surface area contributed by atoms with Gasteiger partial charge in [-0.2, -0.15) is 15.0 Å². The molecule has 162 valence electrons. The van der Waals surface area contributed by atoms with Crippen molar-refractivity contribution < 1.29 is 9.90 Å². The van der Waals surface area contributed by atoms with E-state index in [4.69, 9.17) is 11.6 Å². The third-order valence-electron chi connectivity index (χ3n) is 9.44. The highest BCUT2D eigenvalue weighted by Crippen LogP contribution is 2.64. The summed E-state index contributed by atoms with van der Waals surface area (Å²) in [7, 11) is 0. The lowest BCUT2D eigenvalue weighted by Gasteiger charge is -2.56. The number of carbonyl (C=O) groups is 1. The summed E-state index contributed by atoms with van der Waals surface area (Å²) >= 11 is 5.61. The maximum absolute atomic E-state index is 13.1. The number of aliphatic hydroxyl groups is 1. The molecule has 8 unspecified atom stereocenters. The first kappa shape index (κ1) is 20.5. The van der Waals surface area contributed by atoms with Crippen LogP contribution in [0.5, 0.6) is 0 Å². The number of ketones is 1. The van der Waals surface area contributed by atoms with Gasteiger partial charge in [0.05, 0.1) is 12.4 Å². The predicted molar refractivity (Wildman–Crippen MR) is 114 cm³/mol. The van der Waals surface area contributed by atoms with Crippen LogP contribution in [0.3, 0.4) is 0 Å². The van der Waals surface area contributed by atoms with Crippen molar-refractivity contribution in [2.24, 2.45) is 40.9 Å². The first-order chi connectivity index (χ1) is 14.4. The minimum Gasteiger partial charge on any atom is -0.378 e. The van der Waals surface area contributed by atoms with Crippen LogP contribution in [0.2, 0.25) is 0 Å². The van der Waals surface area contributed by atoms with Gasteiger partial charge in [0.1, 0.15) is 12.1 Å². The Morgan fingerprint density at radius 3 is 2.63 bits per heavy atom. The van der Waals surface area contributed by atoms with E-state index >= 15 is 0 Å². The van der Waals surface area contributed by atoms with Crippen LogP contribution in [0.4, 0.5) is 0 Å². The Labute approximate surface area is 183 Å². The molecule has 1 aromatic heterocycles. The monoisotopic (exact) mass is 429 g/mol. The lowest BCUT2D eigenvalue weighted by atomic mass is 9.49. The largest absolute Gasteiger partial charge is 0.378 e. The van der Waals surface area contributed by atoms with Gasteiger partial charge in [-0.05, 0) is 104 Å². The van der Waals surface area contributed by atoms with Crippen LogP contribution in [0, 0.1) is 52.2 Å². The van der Waals surface area contributed by atoms with Crippen LogP contribution in [0.25, 0.3) is 0 Å². The molecule has 1 heterocycles. The minimum atomic E-state index is -0.885. The number of Topliss-reactive ketones (excluding diaryl/α,β-unsaturated/α-hetero) is 1. The number of rotatable bonds is 3. The van der Waals surface area contributed by atoms with Gasteiger partial charge in [0.25, 0.3) is 0 Å². The third-order valence-corrected chi connectivity index (χ3v) is 9.54. The smallest absolute Gasteiger partial charge is 0.159 e. The molecule has 0 bridgehead atoms. The quantitative estimate of drug-likeness (QED) is 0.736. The zero-order chi connectivity index (χ0) is 20.9. The Bertz CT molecular complexity index is 862. The van der Waals surface area contributed by atoms with Gasteiger partial charge in [-0.25, -0.2) is 0 Å². The molecule has 0 amide bonds. The van der Waals surface area contributed by atoms with E-state index < -0.39 is 5.60 Å². The van der Waals surface area contributed by atoms with Gasteiger partial charge >= 0.3 is 0 Å². The second-order valence-electron chi connectivity index (χ2n) is 10.6. The fourth-order valence-electron chi connectivity index (χ4n) is 8.18. The SMILES string of the molecule is CC12CCC3C4CCC(O)(C#CCl)CC4CCC3C1CCC2C(=O)Cn1nccn1. The summed E-state index contributed by atoms with van der Waals surface area (Å²) in [6.07, 6.45) is 12.9. The molecular weight excluding hydrogens is 398 g/mol. The molecule has 4 fully saturated rings. The van der Waals surface area contributed by atoms with Crippen molar-refractivity contribution in [3.63, 3.8) is 0 Å². The molecule has 1 aromatic rings. The second-order valence-corrected chi connectivity index (χ2v) is 10.8. The fourth-order valence-corrected chi connectivity index (χ4v) is 8.36. The molecule has 1 N–H and O–H groups in total. The summed E-state index contributed by atoms with van der Waals surface area (Å²) in [6, 6.07) is 0. The van der Waals surface area contributed by atoms with E-state index in [9.17, 15) is 9.90 Å². The summed E-state index contributed by atoms with van der Waals surface area (Å²) in [5.74, 6) is 6.72. The van der Waals surface area contributed by atoms with Crippen molar-refractivity contribution in [2.75, 3.05) is 0 Å². The molecule has 0 saturated heterocycles. The van der Waals surface area contributed by atoms with Crippen LogP contribution in [-0.4, -0.2) is 31.5 Å². The molecule has 8 atom stereocenters. The number of fused-ring (bicyclic) bond motifs is 5. The fraction of sp³-hybridized carbons (Fsp3) is 0.792. The zero-order valence-electron chi connectivity index (χ0n) is 17.8. The van der Waals surface area contributed by atoms with Crippen molar-refractivity contribution in [3.8, 4) is 11.3 Å². The topological polar surface area (TPSA) is 68.0 Å². The highest BCUT2D eigenvalue weighted by molar-refractivity contribution is 6.30. The van der Waals surface area contributed by atoms with Crippen molar-refractivity contribution in [3.05, 3.63) is 12.4 Å². The Balaban J connectivity index is 1.31. The highest BCUT2D eigenvalue weighted by atomic mass is 35.5. The molecule has 4 aliphatic rings. The Hall–Kier alpha value is -1.38. The Morgan fingerprint density at radius 1 is 1.10 bits per heavy atom. The average molecular weight is 430 g/mol. The molecule has 4 aliphatic carbocycles. The average Bonchev–Trinajstić information content (AvgIpc) is 3.34. The summed E-state index contributed by atoms with van der Waals surface area (Å²) in [5, 5.41) is 21.5. The molecule has 5 nitrogen and oxygen atoms in total. The molecule has 0 spiro atoms. The lowest BCUT2D eigenvalue weighted by molar-refractivity contribution is -0.132. The van der Waals surface area contributed by atoms with E-state index in [-0.39, 0.29) is 11.3 Å². The number of nitrogens with zero attached hydrogens (tertiary/aromatic N) is 3. The first-order valence-electron chi connectivity index (χ1n) is 11.7. The van der Waals surface area contributed by atoms with Gasteiger partial charge in [-0.15, -0.1) is 0 Å². The molecule has 6 heteroatoms. The van der Waals surface area contributed by atoms with E-state index in [1.807, 2.05) is 0 Å². The lowest BCUT2D eigenvalue weighted by Crippen LogP contribution is -2.51. The van der Waals surface area contributed by atoms with Crippen LogP contribution in [-0.2, 0) is 11.3 Å². The Morgan fingerprint density at radius 2 is 1.87 bits per heavy atom. The van der Waals surface area contributed by atoms with Gasteiger partial charge in [-0.3, -0.25) is 4.79 Å². The summed E-state index contributed by atoms with van der Waals surface area (Å²) < 4.78 is 0. The van der Waals surface area contributed by atoms with E-state index in [0.717, 1.165) is 43.9 Å². The van der Waals surface area contributed by atoms with Crippen LogP contribution in [0.1, 0.15) is 64.7 Å². The summed E-state index contributed by atoms with van der Waals surface area (Å²) in [5.41, 5.74) is -0.762. The van der Waals surface area contributed by atoms with Gasteiger partial charge in [0.15, 0.2) is 5.78 Å². The highest BCUT2D eigenvalue weighted by Gasteiger charge is 2.58. The van der Waals surface area contributed by atoms with Crippen LogP contribution >= 0.6 is 11.6 Å². The maximum Gasteiger partial charge on any atom is 0.159 e. The third kappa shape index (κ3) is 3.31. The van der Waals surface area contributed by atoms with E-state index in [1.54, 1.807) is 12.4 Å². The molecule has 0 radical (unpaired) electrons. The molecule has 5 rings (SSSR count). The second kappa shape index (κ2) is 7.64. The van der Waals surface area contributed by atoms with Gasteiger partial charge in [-0.1, -0.05) is 12.8 Å². The molecule has 0 aliphatic heterocycles. The van der Waals surface area contributed by atoms with Crippen LogP contribution in [0.15, 0.2) is 12.4 Å². The summed E-state index contributed by atoms with van der Waals surface area (Å²) in [4.78, 5) is 14.7.